The molecule has 2 N–H and O–H groups in total. The molecule has 0 atom stereocenters. The third-order valence-electron chi connectivity index (χ3n) is 3.08. The average Bonchev–Trinajstić information content (AvgIpc) is 2.84. The highest BCUT2D eigenvalue weighted by Gasteiger charge is 2.09. The fourth-order valence-corrected chi connectivity index (χ4v) is 3.01. The van der Waals surface area contributed by atoms with Crippen molar-refractivity contribution in [3.8, 4) is 0 Å². The highest BCUT2D eigenvalue weighted by atomic mass is 32.1. The maximum absolute atomic E-state index is 11.5. The summed E-state index contributed by atoms with van der Waals surface area (Å²) in [5.41, 5.74) is 2.33. The first-order chi connectivity index (χ1) is 10.2. The number of carbonyl (C=O) groups excluding carboxylic acids is 1. The van der Waals surface area contributed by atoms with E-state index in [2.05, 4.69) is 27.8 Å². The van der Waals surface area contributed by atoms with Gasteiger partial charge < -0.3 is 10.6 Å². The van der Waals surface area contributed by atoms with Crippen LogP contribution in [-0.2, 0) is 13.0 Å². The van der Waals surface area contributed by atoms with Crippen molar-refractivity contribution in [1.82, 2.24) is 15.6 Å². The second-order valence-corrected chi connectivity index (χ2v) is 6.06. The monoisotopic (exact) mass is 303 g/mol. The Hall–Kier alpha value is -1.88. The standard InChI is InChI=1S/C16H21N3OS/c1-3-9-17-16(20)18-11-15-19-12(2)14(21-15)10-13-7-5-4-6-8-13/h4-8H,3,9-11H2,1-2H3,(H2,17,18,20). The molecular weight excluding hydrogens is 282 g/mol. The van der Waals surface area contributed by atoms with Gasteiger partial charge in [-0.25, -0.2) is 9.78 Å². The van der Waals surface area contributed by atoms with E-state index in [4.69, 9.17) is 0 Å². The van der Waals surface area contributed by atoms with Gasteiger partial charge in [0.2, 0.25) is 0 Å². The molecule has 0 radical (unpaired) electrons. The summed E-state index contributed by atoms with van der Waals surface area (Å²) in [5.74, 6) is 0. The molecule has 0 unspecified atom stereocenters. The lowest BCUT2D eigenvalue weighted by molar-refractivity contribution is 0.240. The van der Waals surface area contributed by atoms with E-state index in [9.17, 15) is 4.79 Å². The molecule has 0 aliphatic heterocycles. The van der Waals surface area contributed by atoms with Crippen LogP contribution < -0.4 is 10.6 Å². The minimum absolute atomic E-state index is 0.130. The molecule has 0 bridgehead atoms. The first-order valence-corrected chi connectivity index (χ1v) is 8.01. The van der Waals surface area contributed by atoms with Crippen LogP contribution in [0.2, 0.25) is 0 Å². The molecule has 2 aromatic rings. The second-order valence-electron chi connectivity index (χ2n) is 4.89. The van der Waals surface area contributed by atoms with Crippen LogP contribution in [0.4, 0.5) is 4.79 Å². The summed E-state index contributed by atoms with van der Waals surface area (Å²) in [7, 11) is 0. The van der Waals surface area contributed by atoms with Crippen LogP contribution in [0.15, 0.2) is 30.3 Å². The zero-order valence-corrected chi connectivity index (χ0v) is 13.3. The van der Waals surface area contributed by atoms with Gasteiger partial charge >= 0.3 is 6.03 Å². The largest absolute Gasteiger partial charge is 0.338 e. The van der Waals surface area contributed by atoms with Crippen molar-refractivity contribution in [2.75, 3.05) is 6.54 Å². The maximum atomic E-state index is 11.5. The predicted octanol–water partition coefficient (Wildman–Crippen LogP) is 3.25. The van der Waals surface area contributed by atoms with Gasteiger partial charge in [0.1, 0.15) is 5.01 Å². The molecule has 0 spiro atoms. The summed E-state index contributed by atoms with van der Waals surface area (Å²) < 4.78 is 0. The molecule has 1 heterocycles. The van der Waals surface area contributed by atoms with Gasteiger partial charge in [-0.1, -0.05) is 37.3 Å². The zero-order valence-electron chi connectivity index (χ0n) is 12.5. The average molecular weight is 303 g/mol. The number of thiazole rings is 1. The molecule has 1 aromatic carbocycles. The van der Waals surface area contributed by atoms with Gasteiger partial charge in [0.25, 0.3) is 0 Å². The molecule has 0 aliphatic carbocycles. The van der Waals surface area contributed by atoms with E-state index in [0.29, 0.717) is 13.1 Å². The summed E-state index contributed by atoms with van der Waals surface area (Å²) in [6, 6.07) is 10.2. The van der Waals surface area contributed by atoms with E-state index in [-0.39, 0.29) is 6.03 Å². The number of amides is 2. The van der Waals surface area contributed by atoms with Crippen molar-refractivity contribution in [2.45, 2.75) is 33.2 Å². The van der Waals surface area contributed by atoms with E-state index in [1.165, 1.54) is 10.4 Å². The third kappa shape index (κ3) is 4.86. The molecule has 112 valence electrons. The Kier molecular flexibility index (Phi) is 5.75. The Morgan fingerprint density at radius 2 is 2.00 bits per heavy atom. The number of aryl methyl sites for hydroxylation is 1. The van der Waals surface area contributed by atoms with Crippen LogP contribution in [0.25, 0.3) is 0 Å². The van der Waals surface area contributed by atoms with Gasteiger partial charge in [0.15, 0.2) is 0 Å². The molecule has 4 nitrogen and oxygen atoms in total. The SMILES string of the molecule is CCCNC(=O)NCc1nc(C)c(Cc2ccccc2)s1. The smallest absolute Gasteiger partial charge is 0.315 e. The highest BCUT2D eigenvalue weighted by Crippen LogP contribution is 2.21. The summed E-state index contributed by atoms with van der Waals surface area (Å²) in [6.45, 7) is 5.23. The molecule has 1 aromatic heterocycles. The van der Waals surface area contributed by atoms with Crippen molar-refractivity contribution in [2.24, 2.45) is 0 Å². The molecule has 0 fully saturated rings. The van der Waals surface area contributed by atoms with Crippen molar-refractivity contribution in [3.63, 3.8) is 0 Å². The topological polar surface area (TPSA) is 54.0 Å². The Labute approximate surface area is 129 Å². The van der Waals surface area contributed by atoms with E-state index in [0.717, 1.165) is 23.5 Å². The third-order valence-corrected chi connectivity index (χ3v) is 4.24. The molecule has 21 heavy (non-hydrogen) atoms. The van der Waals surface area contributed by atoms with Crippen molar-refractivity contribution < 1.29 is 4.79 Å². The second kappa shape index (κ2) is 7.78. The van der Waals surface area contributed by atoms with Crippen LogP contribution >= 0.6 is 11.3 Å². The number of benzene rings is 1. The van der Waals surface area contributed by atoms with Gasteiger partial charge in [-0.05, 0) is 18.9 Å². The minimum Gasteiger partial charge on any atom is -0.338 e. The first kappa shape index (κ1) is 15.5. The van der Waals surface area contributed by atoms with Gasteiger partial charge in [0.05, 0.1) is 12.2 Å². The van der Waals surface area contributed by atoms with Gasteiger partial charge in [-0.2, -0.15) is 0 Å². The van der Waals surface area contributed by atoms with Crippen LogP contribution in [0.3, 0.4) is 0 Å². The van der Waals surface area contributed by atoms with E-state index in [1.807, 2.05) is 32.0 Å². The lowest BCUT2D eigenvalue weighted by Gasteiger charge is -2.04. The van der Waals surface area contributed by atoms with Crippen LogP contribution in [0.5, 0.6) is 0 Å². The number of carbonyl (C=O) groups is 1. The first-order valence-electron chi connectivity index (χ1n) is 7.20. The minimum atomic E-state index is -0.130. The summed E-state index contributed by atoms with van der Waals surface area (Å²) in [4.78, 5) is 17.3. The molecule has 2 amide bonds. The Balaban J connectivity index is 1.91. The van der Waals surface area contributed by atoms with Gasteiger partial charge in [-0.15, -0.1) is 11.3 Å². The number of aromatic nitrogens is 1. The van der Waals surface area contributed by atoms with Crippen LogP contribution in [0, 0.1) is 6.92 Å². The van der Waals surface area contributed by atoms with Crippen LogP contribution in [0.1, 0.15) is 34.5 Å². The number of urea groups is 1. The zero-order chi connectivity index (χ0) is 15.1. The lowest BCUT2D eigenvalue weighted by atomic mass is 10.1. The molecule has 0 saturated heterocycles. The van der Waals surface area contributed by atoms with E-state index in [1.54, 1.807) is 11.3 Å². The number of nitrogens with zero attached hydrogens (tertiary/aromatic N) is 1. The molecular formula is C16H21N3OS. The maximum Gasteiger partial charge on any atom is 0.315 e. The molecule has 5 heteroatoms. The quantitative estimate of drug-likeness (QED) is 0.860. The summed E-state index contributed by atoms with van der Waals surface area (Å²) >= 11 is 1.67. The molecule has 0 saturated carbocycles. The predicted molar refractivity (Wildman–Crippen MR) is 86.6 cm³/mol. The fraction of sp³-hybridized carbons (Fsp3) is 0.375. The Morgan fingerprint density at radius 1 is 1.24 bits per heavy atom. The van der Waals surface area contributed by atoms with Crippen LogP contribution in [-0.4, -0.2) is 17.6 Å². The van der Waals surface area contributed by atoms with Gasteiger partial charge in [-0.3, -0.25) is 0 Å². The summed E-state index contributed by atoms with van der Waals surface area (Å²) in [6.07, 6.45) is 1.83. The Morgan fingerprint density at radius 3 is 2.71 bits per heavy atom. The highest BCUT2D eigenvalue weighted by molar-refractivity contribution is 7.11. The Bertz CT molecular complexity index is 580. The number of rotatable bonds is 6. The van der Waals surface area contributed by atoms with Crippen molar-refractivity contribution in [3.05, 3.63) is 51.5 Å². The van der Waals surface area contributed by atoms with E-state index >= 15 is 0 Å². The molecule has 2 rings (SSSR count). The van der Waals surface area contributed by atoms with Crippen molar-refractivity contribution in [1.29, 1.82) is 0 Å². The number of hydrogen-bond acceptors (Lipinski definition) is 3. The molecule has 0 aliphatic rings. The number of nitrogens with one attached hydrogen (secondary N) is 2. The van der Waals surface area contributed by atoms with Gasteiger partial charge in [0, 0.05) is 17.8 Å². The normalized spacial score (nSPS) is 10.4. The van der Waals surface area contributed by atoms with Crippen molar-refractivity contribution >= 4 is 17.4 Å². The summed E-state index contributed by atoms with van der Waals surface area (Å²) in [5, 5.41) is 6.58. The lowest BCUT2D eigenvalue weighted by Crippen LogP contribution is -2.35. The number of hydrogen-bond donors (Lipinski definition) is 2. The van der Waals surface area contributed by atoms with E-state index < -0.39 is 0 Å². The fourth-order valence-electron chi connectivity index (χ4n) is 1.97.